The third-order valence-electron chi connectivity index (χ3n) is 3.08. The molecule has 2 heterocycles. The third kappa shape index (κ3) is 2.43. The van der Waals surface area contributed by atoms with E-state index in [4.69, 9.17) is 5.41 Å². The van der Waals surface area contributed by atoms with Gasteiger partial charge < -0.3 is 15.0 Å². The number of aromatic amines is 1. The maximum Gasteiger partial charge on any atom is 0.337 e. The number of amidine groups is 1. The first-order valence-electron chi connectivity index (χ1n) is 6.07. The molecule has 3 N–H and O–H groups in total. The van der Waals surface area contributed by atoms with Gasteiger partial charge in [-0.15, -0.1) is 0 Å². The summed E-state index contributed by atoms with van der Waals surface area (Å²) in [5.74, 6) is -0.670. The molecule has 3 rings (SSSR count). The third-order valence-corrected chi connectivity index (χ3v) is 3.91. The van der Waals surface area contributed by atoms with E-state index >= 15 is 0 Å². The largest absolute Gasteiger partial charge is 0.465 e. The zero-order chi connectivity index (χ0) is 15.0. The van der Waals surface area contributed by atoms with Crippen LogP contribution >= 0.6 is 11.8 Å². The van der Waals surface area contributed by atoms with Crippen molar-refractivity contribution >= 4 is 45.8 Å². The number of aromatic nitrogens is 1. The quantitative estimate of drug-likeness (QED) is 0.584. The summed E-state index contributed by atoms with van der Waals surface area (Å²) in [5.41, 5.74) is 2.07. The zero-order valence-electron chi connectivity index (χ0n) is 11.0. The molecule has 1 aromatic carbocycles. The van der Waals surface area contributed by atoms with Crippen LogP contribution in [0.25, 0.3) is 17.0 Å². The van der Waals surface area contributed by atoms with Gasteiger partial charge in [0, 0.05) is 22.7 Å². The lowest BCUT2D eigenvalue weighted by molar-refractivity contribution is -0.115. The summed E-state index contributed by atoms with van der Waals surface area (Å²) in [6.45, 7) is 0. The number of carbonyl (C=O) groups is 2. The fourth-order valence-corrected chi connectivity index (χ4v) is 2.79. The number of amides is 1. The van der Waals surface area contributed by atoms with E-state index in [0.717, 1.165) is 28.2 Å². The normalized spacial score (nSPS) is 16.5. The summed E-state index contributed by atoms with van der Waals surface area (Å²) in [6, 6.07) is 5.17. The number of ether oxygens (including phenoxy) is 1. The van der Waals surface area contributed by atoms with Crippen molar-refractivity contribution in [2.24, 2.45) is 0 Å². The van der Waals surface area contributed by atoms with Gasteiger partial charge in [-0.25, -0.2) is 4.79 Å². The highest BCUT2D eigenvalue weighted by molar-refractivity contribution is 8.18. The second-order valence-electron chi connectivity index (χ2n) is 4.39. The SMILES string of the molecule is COC(=O)c1ccc2c(/C=C3/SC(=N)NC3=O)c[nH]c2c1. The number of esters is 1. The Hall–Kier alpha value is -2.54. The van der Waals surface area contributed by atoms with Crippen LogP contribution in [0.1, 0.15) is 15.9 Å². The Kier molecular flexibility index (Phi) is 3.26. The standard InChI is InChI=1S/C14H11N3O3S/c1-20-13(19)7-2-3-9-8(6-16-10(9)4-7)5-11-12(18)17-14(15)21-11/h2-6,16H,1H3,(H2,15,17,18)/b11-5+. The second kappa shape index (κ2) is 5.10. The summed E-state index contributed by atoms with van der Waals surface area (Å²) in [6.07, 6.45) is 3.48. The van der Waals surface area contributed by atoms with E-state index in [0.29, 0.717) is 10.5 Å². The average molecular weight is 301 g/mol. The number of benzene rings is 1. The smallest absolute Gasteiger partial charge is 0.337 e. The number of H-pyrrole nitrogens is 1. The minimum absolute atomic E-state index is 0.124. The Labute approximate surface area is 124 Å². The molecule has 21 heavy (non-hydrogen) atoms. The van der Waals surface area contributed by atoms with E-state index < -0.39 is 5.97 Å². The maximum atomic E-state index is 11.6. The highest BCUT2D eigenvalue weighted by atomic mass is 32.2. The molecular formula is C14H11N3O3S. The van der Waals surface area contributed by atoms with Gasteiger partial charge >= 0.3 is 5.97 Å². The van der Waals surface area contributed by atoms with Gasteiger partial charge in [0.2, 0.25) is 0 Å². The summed E-state index contributed by atoms with van der Waals surface area (Å²) < 4.78 is 4.68. The Morgan fingerprint density at radius 3 is 2.90 bits per heavy atom. The van der Waals surface area contributed by atoms with Crippen molar-refractivity contribution in [3.8, 4) is 0 Å². The molecule has 0 spiro atoms. The van der Waals surface area contributed by atoms with Crippen LogP contribution in [0.5, 0.6) is 0 Å². The monoisotopic (exact) mass is 301 g/mol. The van der Waals surface area contributed by atoms with Crippen molar-refractivity contribution in [3.63, 3.8) is 0 Å². The molecule has 7 heteroatoms. The van der Waals surface area contributed by atoms with E-state index in [1.54, 1.807) is 30.5 Å². The van der Waals surface area contributed by atoms with Crippen LogP contribution in [0.15, 0.2) is 29.3 Å². The number of carbonyl (C=O) groups excluding carboxylic acids is 2. The highest BCUT2D eigenvalue weighted by Crippen LogP contribution is 2.28. The van der Waals surface area contributed by atoms with E-state index in [9.17, 15) is 9.59 Å². The molecular weight excluding hydrogens is 290 g/mol. The molecule has 0 aliphatic carbocycles. The molecule has 1 saturated heterocycles. The van der Waals surface area contributed by atoms with Crippen molar-refractivity contribution in [3.05, 3.63) is 40.4 Å². The van der Waals surface area contributed by atoms with Crippen LogP contribution in [0.3, 0.4) is 0 Å². The van der Waals surface area contributed by atoms with Gasteiger partial charge in [0.25, 0.3) is 5.91 Å². The summed E-state index contributed by atoms with van der Waals surface area (Å²) in [7, 11) is 1.34. The van der Waals surface area contributed by atoms with E-state index in [1.807, 2.05) is 0 Å². The maximum absolute atomic E-state index is 11.6. The lowest BCUT2D eigenvalue weighted by Crippen LogP contribution is -2.18. The molecule has 0 radical (unpaired) electrons. The zero-order valence-corrected chi connectivity index (χ0v) is 11.8. The molecule has 106 valence electrons. The topological polar surface area (TPSA) is 95.0 Å². The van der Waals surface area contributed by atoms with Crippen molar-refractivity contribution in [1.82, 2.24) is 10.3 Å². The molecule has 1 amide bonds. The van der Waals surface area contributed by atoms with Gasteiger partial charge in [-0.05, 0) is 30.0 Å². The van der Waals surface area contributed by atoms with Crippen molar-refractivity contribution in [2.75, 3.05) is 7.11 Å². The summed E-state index contributed by atoms with van der Waals surface area (Å²) in [4.78, 5) is 26.6. The van der Waals surface area contributed by atoms with Gasteiger partial charge in [-0.2, -0.15) is 0 Å². The molecule has 0 bridgehead atoms. The van der Waals surface area contributed by atoms with Crippen LogP contribution in [0.2, 0.25) is 0 Å². The number of hydrogen-bond donors (Lipinski definition) is 3. The predicted molar refractivity (Wildman–Crippen MR) is 81.1 cm³/mol. The fraction of sp³-hybridized carbons (Fsp3) is 0.0714. The number of rotatable bonds is 2. The minimum Gasteiger partial charge on any atom is -0.465 e. The van der Waals surface area contributed by atoms with Gasteiger partial charge in [-0.1, -0.05) is 6.07 Å². The first-order valence-corrected chi connectivity index (χ1v) is 6.89. The van der Waals surface area contributed by atoms with Gasteiger partial charge in [0.05, 0.1) is 17.6 Å². The Morgan fingerprint density at radius 2 is 2.24 bits per heavy atom. The lowest BCUT2D eigenvalue weighted by Gasteiger charge is -1.99. The molecule has 1 aliphatic heterocycles. The second-order valence-corrected chi connectivity index (χ2v) is 5.44. The molecule has 0 saturated carbocycles. The van der Waals surface area contributed by atoms with E-state index in [1.165, 1.54) is 7.11 Å². The summed E-state index contributed by atoms with van der Waals surface area (Å²) in [5, 5.41) is 10.9. The van der Waals surface area contributed by atoms with Gasteiger partial charge in [0.1, 0.15) is 0 Å². The van der Waals surface area contributed by atoms with Gasteiger partial charge in [-0.3, -0.25) is 10.2 Å². The average Bonchev–Trinajstić information content (AvgIpc) is 3.01. The lowest BCUT2D eigenvalue weighted by atomic mass is 10.1. The minimum atomic E-state index is -0.398. The first kappa shape index (κ1) is 13.4. The van der Waals surface area contributed by atoms with Crippen molar-refractivity contribution < 1.29 is 14.3 Å². The molecule has 1 aliphatic rings. The number of fused-ring (bicyclic) bond motifs is 1. The molecule has 2 aromatic rings. The molecule has 1 aromatic heterocycles. The Morgan fingerprint density at radius 1 is 1.43 bits per heavy atom. The first-order chi connectivity index (χ1) is 10.1. The van der Waals surface area contributed by atoms with Crippen LogP contribution < -0.4 is 5.32 Å². The van der Waals surface area contributed by atoms with Crippen LogP contribution in [0.4, 0.5) is 0 Å². The van der Waals surface area contributed by atoms with Crippen LogP contribution in [0, 0.1) is 5.41 Å². The van der Waals surface area contributed by atoms with Crippen molar-refractivity contribution in [2.45, 2.75) is 0 Å². The molecule has 0 atom stereocenters. The van der Waals surface area contributed by atoms with Crippen LogP contribution in [-0.2, 0) is 9.53 Å². The van der Waals surface area contributed by atoms with Gasteiger partial charge in [0.15, 0.2) is 5.17 Å². The predicted octanol–water partition coefficient (Wildman–Crippen LogP) is 2.09. The number of nitrogens with one attached hydrogen (secondary N) is 3. The molecule has 1 fully saturated rings. The highest BCUT2D eigenvalue weighted by Gasteiger charge is 2.22. The van der Waals surface area contributed by atoms with Crippen LogP contribution in [-0.4, -0.2) is 29.1 Å². The Bertz CT molecular complexity index is 807. The Balaban J connectivity index is 2.02. The fourth-order valence-electron chi connectivity index (χ4n) is 2.10. The summed E-state index contributed by atoms with van der Waals surface area (Å²) >= 11 is 1.09. The number of methoxy groups -OCH3 is 1. The molecule has 0 unspecified atom stereocenters. The van der Waals surface area contributed by atoms with Crippen molar-refractivity contribution in [1.29, 1.82) is 5.41 Å². The number of hydrogen-bond acceptors (Lipinski definition) is 5. The number of thioether (sulfide) groups is 1. The molecule has 6 nitrogen and oxygen atoms in total. The van der Waals surface area contributed by atoms with E-state index in [-0.39, 0.29) is 11.1 Å². The van der Waals surface area contributed by atoms with E-state index in [2.05, 4.69) is 15.0 Å².